The lowest BCUT2D eigenvalue weighted by Crippen LogP contribution is -3.00. The van der Waals surface area contributed by atoms with Crippen molar-refractivity contribution in [3.63, 3.8) is 0 Å². The summed E-state index contributed by atoms with van der Waals surface area (Å²) in [6, 6.07) is 32.0. The van der Waals surface area contributed by atoms with Gasteiger partial charge in [-0.1, -0.05) is 52.3 Å². The second kappa shape index (κ2) is 30.4. The smallest absolute Gasteiger partial charge is 0.362 e. The summed E-state index contributed by atoms with van der Waals surface area (Å²) in [6.45, 7) is 21.6. The Morgan fingerprint density at radius 1 is 0.522 bits per heavy atom. The van der Waals surface area contributed by atoms with Crippen molar-refractivity contribution >= 4 is 68.0 Å². The minimum atomic E-state index is -0.452. The largest absolute Gasteiger partial charge is 1.00 e. The van der Waals surface area contributed by atoms with Gasteiger partial charge in [-0.25, -0.2) is 9.59 Å². The fourth-order valence-electron chi connectivity index (χ4n) is 5.56. The topological polar surface area (TPSA) is 137 Å². The molecule has 0 aliphatic carbocycles. The van der Waals surface area contributed by atoms with Crippen molar-refractivity contribution in [1.82, 2.24) is 8.97 Å². The zero-order valence-corrected chi connectivity index (χ0v) is 48.6. The molecule has 4 aromatic rings. The molecule has 382 valence electrons. The molecular weight excluding hydrogens is 1040 g/mol. The van der Waals surface area contributed by atoms with Gasteiger partial charge in [-0.3, -0.25) is 13.8 Å². The van der Waals surface area contributed by atoms with E-state index in [9.17, 15) is 14.4 Å². The molecule has 0 atom stereocenters. The number of halogens is 3. The van der Waals surface area contributed by atoms with Crippen LogP contribution in [0.15, 0.2) is 97.1 Å². The van der Waals surface area contributed by atoms with Gasteiger partial charge in [0.2, 0.25) is 0 Å². The number of nitrogens with zero attached hydrogens (tertiary/aromatic N) is 4. The van der Waals surface area contributed by atoms with Crippen LogP contribution in [-0.2, 0) is 28.6 Å². The van der Waals surface area contributed by atoms with Crippen LogP contribution in [0.1, 0.15) is 76.3 Å². The first-order valence-corrected chi connectivity index (χ1v) is 22.8. The first-order chi connectivity index (χ1) is 29.6. The van der Waals surface area contributed by atoms with Gasteiger partial charge in [0.25, 0.3) is 0 Å². The fraction of sp³-hybridized carbons (Fsp3) is 0.481. The molecule has 4 N–H and O–H groups in total. The zero-order chi connectivity index (χ0) is 50.6. The van der Waals surface area contributed by atoms with Gasteiger partial charge < -0.3 is 69.4 Å². The number of nitrogen functional groups attached to an aromatic ring is 2. The van der Waals surface area contributed by atoms with E-state index in [2.05, 4.69) is 85.2 Å². The van der Waals surface area contributed by atoms with Crippen LogP contribution in [0.3, 0.4) is 0 Å². The van der Waals surface area contributed by atoms with E-state index in [-0.39, 0.29) is 72.2 Å². The van der Waals surface area contributed by atoms with Gasteiger partial charge >= 0.3 is 17.9 Å². The van der Waals surface area contributed by atoms with Crippen LogP contribution in [0.5, 0.6) is 0 Å². The Labute approximate surface area is 437 Å². The van der Waals surface area contributed by atoms with E-state index in [1.54, 1.807) is 0 Å². The third-order valence-corrected chi connectivity index (χ3v) is 9.05. The third-order valence-electron chi connectivity index (χ3n) is 8.59. The lowest BCUT2D eigenvalue weighted by atomic mass is 10.2. The number of quaternary nitrogens is 2. The van der Waals surface area contributed by atoms with Crippen LogP contribution in [0.25, 0.3) is 0 Å². The van der Waals surface area contributed by atoms with Gasteiger partial charge in [-0.15, -0.1) is 0 Å². The summed E-state index contributed by atoms with van der Waals surface area (Å²) in [5.41, 5.74) is 18.6. The maximum Gasteiger partial charge on any atom is 0.362 e. The van der Waals surface area contributed by atoms with E-state index in [1.807, 2.05) is 170 Å². The molecule has 0 saturated heterocycles. The molecule has 0 heterocycles. The monoisotopic (exact) mass is 1130 g/mol. The summed E-state index contributed by atoms with van der Waals surface area (Å²) in [5.74, 6) is -0.605. The molecule has 12 nitrogen and oxygen atoms in total. The molecule has 0 aromatic heterocycles. The van der Waals surface area contributed by atoms with Crippen LogP contribution < -0.4 is 64.2 Å². The molecule has 0 saturated carbocycles. The first-order valence-electron chi connectivity index (χ1n) is 21.6. The van der Waals surface area contributed by atoms with Crippen LogP contribution in [0.4, 0.5) is 34.1 Å². The molecule has 0 fully saturated rings. The maximum absolute atomic E-state index is 11.9. The number of alkyl halides is 1. The van der Waals surface area contributed by atoms with Crippen molar-refractivity contribution in [3.05, 3.63) is 108 Å². The molecule has 0 unspecified atom stereocenters. The summed E-state index contributed by atoms with van der Waals surface area (Å²) in [4.78, 5) is 38.4. The number of carbonyl (C=O) groups excluding carboxylic acids is 3. The van der Waals surface area contributed by atoms with Gasteiger partial charge in [0.05, 0.1) is 28.2 Å². The van der Waals surface area contributed by atoms with Crippen molar-refractivity contribution in [3.8, 4) is 0 Å². The predicted octanol–water partition coefficient (Wildman–Crippen LogP) is 4.70. The minimum absolute atomic E-state index is 0. The maximum atomic E-state index is 11.9. The standard InChI is InChI=1S/C15H24NO2.C14H23N2O2.C9H13N.C8H12N2.C6H11BrO2.2BrH.2H2/c1-12-8-7-9-13(10-12)16(5,6)11-14(17)18-15(2,3)4;1-14(2,3)18-13(17)10-16(4,5)12-8-6-7-11(15)9-12;1-8-5-4-6-9(7-8)10(2)3;1-10(2)8-5-3-4-7(9)6-8;1-6(2,3)9-5(8)4-7;;;;/h7-10H,11H2,1-6H3;6-9H,10,15H2,1-5H3;4-7H,1-3H3;3-6H,9H2,1-2H3;4H2,1-3H3;4*1H/q2*+1;;;;;;;/p-2. The molecule has 15 heteroatoms. The summed E-state index contributed by atoms with van der Waals surface area (Å²) in [5, 5.41) is 0.268. The number of carbonyl (C=O) groups is 3. The van der Waals surface area contributed by atoms with Gasteiger partial charge in [-0.05, 0) is 136 Å². The number of hydrogen-bond donors (Lipinski definition) is 2. The van der Waals surface area contributed by atoms with E-state index < -0.39 is 11.2 Å². The minimum Gasteiger partial charge on any atom is -1.00 e. The van der Waals surface area contributed by atoms with Crippen LogP contribution in [-0.4, -0.2) is 110 Å². The number of nitrogens with two attached hydrogens (primary N) is 2. The number of aryl methyl sites for hydroxylation is 2. The summed E-state index contributed by atoms with van der Waals surface area (Å²) in [6.07, 6.45) is 0. The highest BCUT2D eigenvalue weighted by atomic mass is 79.9. The Bertz CT molecular complexity index is 1950. The molecule has 0 bridgehead atoms. The van der Waals surface area contributed by atoms with Gasteiger partial charge in [0.15, 0.2) is 13.1 Å². The molecule has 0 aliphatic rings. The average molecular weight is 1130 g/mol. The van der Waals surface area contributed by atoms with Crippen molar-refractivity contribution in [2.24, 2.45) is 0 Å². The predicted molar refractivity (Wildman–Crippen MR) is 285 cm³/mol. The molecule has 0 spiro atoms. The highest BCUT2D eigenvalue weighted by Gasteiger charge is 2.28. The number of ether oxygens (including phenoxy) is 3. The van der Waals surface area contributed by atoms with Crippen LogP contribution in [0.2, 0.25) is 0 Å². The number of esters is 3. The summed E-state index contributed by atoms with van der Waals surface area (Å²) >= 11 is 2.99. The van der Waals surface area contributed by atoms with Crippen molar-refractivity contribution < 1.29 is 65.4 Å². The average Bonchev–Trinajstić information content (AvgIpc) is 3.13. The number of anilines is 4. The summed E-state index contributed by atoms with van der Waals surface area (Å²) < 4.78 is 16.5. The van der Waals surface area contributed by atoms with Gasteiger partial charge in [-0.2, -0.15) is 0 Å². The number of hydrogen-bond acceptors (Lipinski definition) is 10. The highest BCUT2D eigenvalue weighted by molar-refractivity contribution is 9.09. The van der Waals surface area contributed by atoms with Crippen molar-refractivity contribution in [2.75, 3.05) is 96.1 Å². The molecule has 4 rings (SSSR count). The molecular formula is C52H87Br3N6O6. The third kappa shape index (κ3) is 32.3. The van der Waals surface area contributed by atoms with Crippen molar-refractivity contribution in [1.29, 1.82) is 0 Å². The van der Waals surface area contributed by atoms with Gasteiger partial charge in [0, 0.05) is 65.9 Å². The van der Waals surface area contributed by atoms with E-state index in [0.29, 0.717) is 21.2 Å². The number of likely N-dealkylation sites (N-methyl/N-ethyl adjacent to an activating group) is 2. The normalized spacial score (nSPS) is 10.9. The SMILES string of the molecule is CC(C)(C)OC(=O)CBr.CC(C)(C)OC(=O)C[N+](C)(C)c1cccc(N)c1.CN(C)c1cccc(N)c1.Cc1cccc(N(C)C)c1.Cc1cccc([N+](C)(C)CC(=O)OC(C)(C)C)c1.[Br-].[Br-].[HH].[HH]. The quantitative estimate of drug-likeness (QED) is 0.0799. The van der Waals surface area contributed by atoms with Crippen LogP contribution >= 0.6 is 15.9 Å². The second-order valence-corrected chi connectivity index (χ2v) is 20.8. The van der Waals surface area contributed by atoms with E-state index in [0.717, 1.165) is 22.7 Å². The van der Waals surface area contributed by atoms with Crippen LogP contribution in [0, 0.1) is 13.8 Å². The Balaban J connectivity index is -0.000000251. The Kier molecular flexibility index (Phi) is 30.4. The van der Waals surface area contributed by atoms with E-state index >= 15 is 0 Å². The van der Waals surface area contributed by atoms with E-state index in [4.69, 9.17) is 25.7 Å². The molecule has 0 aliphatic heterocycles. The Hall–Kier alpha value is -4.15. The first kappa shape index (κ1) is 67.1. The Morgan fingerprint density at radius 3 is 1.12 bits per heavy atom. The molecule has 67 heavy (non-hydrogen) atoms. The van der Waals surface area contributed by atoms with E-state index in [1.165, 1.54) is 16.8 Å². The van der Waals surface area contributed by atoms with Gasteiger partial charge in [0.1, 0.15) is 33.5 Å². The Morgan fingerprint density at radius 2 is 0.836 bits per heavy atom. The zero-order valence-electron chi connectivity index (χ0n) is 43.9. The lowest BCUT2D eigenvalue weighted by molar-refractivity contribution is -0.156. The number of rotatable bonds is 9. The molecule has 0 radical (unpaired) electrons. The second-order valence-electron chi connectivity index (χ2n) is 20.2. The molecule has 4 aromatic carbocycles. The lowest BCUT2D eigenvalue weighted by Gasteiger charge is -2.30. The fourth-order valence-corrected chi connectivity index (χ4v) is 5.67. The number of benzene rings is 4. The molecule has 0 amide bonds. The van der Waals surface area contributed by atoms with Crippen molar-refractivity contribution in [2.45, 2.75) is 93.0 Å². The summed E-state index contributed by atoms with van der Waals surface area (Å²) in [7, 11) is 16.0. The highest BCUT2D eigenvalue weighted by Crippen LogP contribution is 2.23.